The van der Waals surface area contributed by atoms with Gasteiger partial charge < -0.3 is 14.3 Å². The smallest absolute Gasteiger partial charge is 0.261 e. The third-order valence-corrected chi connectivity index (χ3v) is 12.2. The highest BCUT2D eigenvalue weighted by Gasteiger charge is 2.52. The van der Waals surface area contributed by atoms with Crippen LogP contribution in [-0.2, 0) is 9.16 Å². The lowest BCUT2D eigenvalue weighted by atomic mass is 9.90. The molecule has 0 amide bonds. The Morgan fingerprint density at radius 2 is 1.48 bits per heavy atom. The molecule has 1 N–H and O–H groups in total. The van der Waals surface area contributed by atoms with E-state index in [1.165, 1.54) is 10.4 Å². The van der Waals surface area contributed by atoms with Crippen molar-refractivity contribution >= 4 is 18.7 Å². The van der Waals surface area contributed by atoms with Crippen molar-refractivity contribution < 1.29 is 14.3 Å². The van der Waals surface area contributed by atoms with Crippen LogP contribution >= 0.6 is 0 Å². The molecule has 2 aromatic carbocycles. The summed E-state index contributed by atoms with van der Waals surface area (Å²) in [5.74, 6) is -0.487. The minimum Gasteiger partial charge on any atom is -0.404 e. The molecule has 182 valence electrons. The predicted molar refractivity (Wildman–Crippen MR) is 140 cm³/mol. The van der Waals surface area contributed by atoms with Crippen molar-refractivity contribution in [1.82, 2.24) is 0 Å². The third-order valence-electron chi connectivity index (χ3n) is 7.18. The molecule has 1 heterocycles. The third kappa shape index (κ3) is 5.79. The highest BCUT2D eigenvalue weighted by molar-refractivity contribution is 6.99. The summed E-state index contributed by atoms with van der Waals surface area (Å²) in [6.45, 7) is 15.7. The number of ether oxygens (including phenoxy) is 1. The zero-order valence-corrected chi connectivity index (χ0v) is 22.7. The Bertz CT molecular complexity index is 820. The summed E-state index contributed by atoms with van der Waals surface area (Å²) in [4.78, 5) is 0. The van der Waals surface area contributed by atoms with Gasteiger partial charge in [-0.05, 0) is 40.1 Å². The maximum Gasteiger partial charge on any atom is 0.261 e. The van der Waals surface area contributed by atoms with Crippen LogP contribution in [0, 0.1) is 11.8 Å². The summed E-state index contributed by atoms with van der Waals surface area (Å²) in [7, 11) is -2.70. The molecule has 3 rings (SSSR count). The highest BCUT2D eigenvalue weighted by Crippen LogP contribution is 2.41. The number of aliphatic hydroxyl groups is 1. The monoisotopic (exact) mass is 468 g/mol. The van der Waals surface area contributed by atoms with Crippen LogP contribution in [0.3, 0.4) is 0 Å². The molecular formula is C29H44O3Si. The Morgan fingerprint density at radius 3 is 1.91 bits per heavy atom. The quantitative estimate of drug-likeness (QED) is 0.491. The summed E-state index contributed by atoms with van der Waals surface area (Å²) in [5.41, 5.74) is 0. The second-order valence-corrected chi connectivity index (χ2v) is 15.8. The van der Waals surface area contributed by atoms with Crippen LogP contribution in [0.4, 0.5) is 0 Å². The van der Waals surface area contributed by atoms with E-state index in [0.717, 1.165) is 12.8 Å². The lowest BCUT2D eigenvalue weighted by molar-refractivity contribution is -0.273. The van der Waals surface area contributed by atoms with Crippen molar-refractivity contribution in [2.45, 2.75) is 97.2 Å². The normalized spacial score (nSPS) is 23.2. The summed E-state index contributed by atoms with van der Waals surface area (Å²) in [5, 5.41) is 14.0. The molecule has 2 aromatic rings. The molecular weight excluding hydrogens is 424 g/mol. The van der Waals surface area contributed by atoms with Gasteiger partial charge in [0.05, 0.1) is 12.2 Å². The van der Waals surface area contributed by atoms with E-state index in [-0.39, 0.29) is 23.2 Å². The van der Waals surface area contributed by atoms with Crippen LogP contribution in [0.5, 0.6) is 0 Å². The first-order valence-electron chi connectivity index (χ1n) is 12.7. The number of hydrogen-bond donors (Lipinski definition) is 1. The van der Waals surface area contributed by atoms with Gasteiger partial charge in [0.25, 0.3) is 8.32 Å². The van der Waals surface area contributed by atoms with E-state index in [1.807, 2.05) is 0 Å². The first kappa shape index (κ1) is 26.1. The SMILES string of the molecule is CC(C)C1CCCC(O)(CC(O[Si](c2ccccc2)(c2ccccc2)C(C)(C)C)C(C)C)O1. The topological polar surface area (TPSA) is 38.7 Å². The van der Waals surface area contributed by atoms with E-state index in [2.05, 4.69) is 109 Å². The van der Waals surface area contributed by atoms with E-state index < -0.39 is 14.1 Å². The van der Waals surface area contributed by atoms with Gasteiger partial charge in [-0.1, -0.05) is 109 Å². The van der Waals surface area contributed by atoms with Crippen molar-refractivity contribution in [2.75, 3.05) is 0 Å². The Balaban J connectivity index is 2.05. The van der Waals surface area contributed by atoms with Gasteiger partial charge in [-0.3, -0.25) is 0 Å². The number of rotatable bonds is 8. The maximum atomic E-state index is 11.6. The van der Waals surface area contributed by atoms with Gasteiger partial charge in [-0.15, -0.1) is 0 Å². The van der Waals surface area contributed by atoms with Gasteiger partial charge in [0, 0.05) is 12.8 Å². The van der Waals surface area contributed by atoms with E-state index >= 15 is 0 Å². The molecule has 1 fully saturated rings. The van der Waals surface area contributed by atoms with E-state index in [4.69, 9.17) is 9.16 Å². The van der Waals surface area contributed by atoms with Gasteiger partial charge in [-0.25, -0.2) is 0 Å². The molecule has 33 heavy (non-hydrogen) atoms. The lowest BCUT2D eigenvalue weighted by Gasteiger charge is -2.48. The van der Waals surface area contributed by atoms with Crippen molar-refractivity contribution in [3.8, 4) is 0 Å². The molecule has 0 aliphatic carbocycles. The van der Waals surface area contributed by atoms with E-state index in [1.54, 1.807) is 0 Å². The fraction of sp³-hybridized carbons (Fsp3) is 0.586. The van der Waals surface area contributed by atoms with E-state index in [0.29, 0.717) is 18.8 Å². The van der Waals surface area contributed by atoms with Crippen molar-refractivity contribution in [2.24, 2.45) is 11.8 Å². The Morgan fingerprint density at radius 1 is 0.970 bits per heavy atom. The molecule has 3 atom stereocenters. The maximum absolute atomic E-state index is 11.6. The fourth-order valence-electron chi connectivity index (χ4n) is 5.24. The highest BCUT2D eigenvalue weighted by atomic mass is 28.4. The van der Waals surface area contributed by atoms with Crippen LogP contribution in [0.15, 0.2) is 60.7 Å². The second-order valence-electron chi connectivity index (χ2n) is 11.5. The molecule has 0 bridgehead atoms. The predicted octanol–water partition coefficient (Wildman–Crippen LogP) is 5.89. The number of hydrogen-bond acceptors (Lipinski definition) is 3. The van der Waals surface area contributed by atoms with Gasteiger partial charge in [0.1, 0.15) is 0 Å². The van der Waals surface area contributed by atoms with Crippen LogP contribution in [0.1, 0.15) is 74.1 Å². The summed E-state index contributed by atoms with van der Waals surface area (Å²) in [6, 6.07) is 21.5. The van der Waals surface area contributed by atoms with Crippen LogP contribution < -0.4 is 10.4 Å². The molecule has 0 spiro atoms. The van der Waals surface area contributed by atoms with Gasteiger partial charge in [0.15, 0.2) is 5.79 Å². The van der Waals surface area contributed by atoms with Gasteiger partial charge in [-0.2, -0.15) is 0 Å². The van der Waals surface area contributed by atoms with E-state index in [9.17, 15) is 5.11 Å². The summed E-state index contributed by atoms with van der Waals surface area (Å²) in [6.07, 6.45) is 3.16. The first-order chi connectivity index (χ1) is 15.5. The van der Waals surface area contributed by atoms with Crippen molar-refractivity contribution in [3.63, 3.8) is 0 Å². The average molecular weight is 469 g/mol. The van der Waals surface area contributed by atoms with Gasteiger partial charge >= 0.3 is 0 Å². The van der Waals surface area contributed by atoms with Gasteiger partial charge in [0.2, 0.25) is 0 Å². The van der Waals surface area contributed by atoms with Crippen molar-refractivity contribution in [1.29, 1.82) is 0 Å². The second kappa shape index (κ2) is 10.4. The van der Waals surface area contributed by atoms with Crippen LogP contribution in [0.25, 0.3) is 0 Å². The molecule has 0 aromatic heterocycles. The fourth-order valence-corrected chi connectivity index (χ4v) is 10.1. The molecule has 0 saturated carbocycles. The van der Waals surface area contributed by atoms with Crippen LogP contribution in [0.2, 0.25) is 5.04 Å². The summed E-state index contributed by atoms with van der Waals surface area (Å²) < 4.78 is 13.7. The zero-order valence-electron chi connectivity index (χ0n) is 21.7. The summed E-state index contributed by atoms with van der Waals surface area (Å²) >= 11 is 0. The standard InChI is InChI=1S/C29H44O3Si/c1-22(2)26-19-14-20-29(30,31-26)21-27(23(3)4)32-33(28(5,6)7,24-15-10-8-11-16-24)25-17-12-9-13-18-25/h8-13,15-18,22-23,26-27,30H,14,19-21H2,1-7H3. The molecule has 1 aliphatic rings. The lowest BCUT2D eigenvalue weighted by Crippen LogP contribution is -2.68. The molecule has 4 heteroatoms. The molecule has 3 unspecified atom stereocenters. The van der Waals surface area contributed by atoms with Crippen LogP contribution in [-0.4, -0.2) is 31.4 Å². The molecule has 0 radical (unpaired) electrons. The minimum absolute atomic E-state index is 0.0979. The molecule has 3 nitrogen and oxygen atoms in total. The number of benzene rings is 2. The molecule has 1 aliphatic heterocycles. The Kier molecular flexibility index (Phi) is 8.27. The van der Waals surface area contributed by atoms with Crippen molar-refractivity contribution in [3.05, 3.63) is 60.7 Å². The zero-order chi connectivity index (χ0) is 24.3. The Labute approximate surface area is 202 Å². The minimum atomic E-state index is -2.70. The molecule has 1 saturated heterocycles. The average Bonchev–Trinajstić information content (AvgIpc) is 2.76. The Hall–Kier alpha value is -1.46. The largest absolute Gasteiger partial charge is 0.404 e. The first-order valence-corrected chi connectivity index (χ1v) is 14.6.